The topological polar surface area (TPSA) is 41.1 Å². The summed E-state index contributed by atoms with van der Waals surface area (Å²) in [6, 6.07) is 3.67. The summed E-state index contributed by atoms with van der Waals surface area (Å²) >= 11 is 0. The van der Waals surface area contributed by atoms with Gasteiger partial charge >= 0.3 is 0 Å². The standard InChI is InChI=1S/C14H20FN3O/c1-9(2)18(3)6-5-13-11-7-10(19-4)8-12(15)14(11)17-16-13/h7-9H,5-6H2,1-4H3,(H,16,17). The molecule has 0 aliphatic rings. The Morgan fingerprint density at radius 2 is 2.16 bits per heavy atom. The second-order valence-corrected chi connectivity index (χ2v) is 5.03. The zero-order chi connectivity index (χ0) is 14.0. The molecule has 0 unspecified atom stereocenters. The van der Waals surface area contributed by atoms with E-state index in [9.17, 15) is 4.39 Å². The zero-order valence-electron chi connectivity index (χ0n) is 11.8. The first kappa shape index (κ1) is 13.8. The van der Waals surface area contributed by atoms with Crippen molar-refractivity contribution in [3.63, 3.8) is 0 Å². The monoisotopic (exact) mass is 265 g/mol. The van der Waals surface area contributed by atoms with E-state index in [-0.39, 0.29) is 5.82 Å². The summed E-state index contributed by atoms with van der Waals surface area (Å²) in [5.74, 6) is 0.190. The number of nitrogens with zero attached hydrogens (tertiary/aromatic N) is 2. The van der Waals surface area contributed by atoms with Crippen LogP contribution in [0, 0.1) is 5.82 Å². The molecule has 0 aliphatic carbocycles. The predicted molar refractivity (Wildman–Crippen MR) is 74.1 cm³/mol. The van der Waals surface area contributed by atoms with E-state index < -0.39 is 0 Å². The van der Waals surface area contributed by atoms with Crippen molar-refractivity contribution in [3.8, 4) is 5.75 Å². The van der Waals surface area contributed by atoms with Crippen molar-refractivity contribution in [2.45, 2.75) is 26.3 Å². The van der Waals surface area contributed by atoms with Crippen molar-refractivity contribution in [1.82, 2.24) is 15.1 Å². The van der Waals surface area contributed by atoms with Gasteiger partial charge in [-0.2, -0.15) is 5.10 Å². The molecule has 0 atom stereocenters. The molecule has 2 rings (SSSR count). The molecular weight excluding hydrogens is 245 g/mol. The number of hydrogen-bond acceptors (Lipinski definition) is 3. The zero-order valence-corrected chi connectivity index (χ0v) is 11.8. The predicted octanol–water partition coefficient (Wildman–Crippen LogP) is 2.59. The van der Waals surface area contributed by atoms with Gasteiger partial charge in [-0.25, -0.2) is 4.39 Å². The maximum atomic E-state index is 13.8. The molecule has 0 radical (unpaired) electrons. The minimum atomic E-state index is -0.328. The highest BCUT2D eigenvalue weighted by Gasteiger charge is 2.13. The maximum Gasteiger partial charge on any atom is 0.152 e. The van der Waals surface area contributed by atoms with Gasteiger partial charge in [-0.15, -0.1) is 0 Å². The number of ether oxygens (including phenoxy) is 1. The van der Waals surface area contributed by atoms with E-state index in [2.05, 4.69) is 36.0 Å². The molecule has 104 valence electrons. The van der Waals surface area contributed by atoms with Crippen LogP contribution in [0.15, 0.2) is 12.1 Å². The van der Waals surface area contributed by atoms with E-state index in [1.54, 1.807) is 0 Å². The summed E-state index contributed by atoms with van der Waals surface area (Å²) in [5.41, 5.74) is 1.32. The van der Waals surface area contributed by atoms with Gasteiger partial charge in [0.2, 0.25) is 0 Å². The Morgan fingerprint density at radius 1 is 1.42 bits per heavy atom. The second kappa shape index (κ2) is 5.57. The van der Waals surface area contributed by atoms with Crippen LogP contribution in [0.5, 0.6) is 5.75 Å². The van der Waals surface area contributed by atoms with Crippen LogP contribution in [-0.4, -0.2) is 41.8 Å². The van der Waals surface area contributed by atoms with E-state index in [0.29, 0.717) is 17.3 Å². The van der Waals surface area contributed by atoms with E-state index in [1.165, 1.54) is 13.2 Å². The lowest BCUT2D eigenvalue weighted by atomic mass is 10.1. The molecule has 1 N–H and O–H groups in total. The fraction of sp³-hybridized carbons (Fsp3) is 0.500. The number of fused-ring (bicyclic) bond motifs is 1. The summed E-state index contributed by atoms with van der Waals surface area (Å²) in [7, 11) is 3.60. The SMILES string of the molecule is COc1cc(F)c2[nH]nc(CCN(C)C(C)C)c2c1. The van der Waals surface area contributed by atoms with Crippen molar-refractivity contribution in [2.24, 2.45) is 0 Å². The highest BCUT2D eigenvalue weighted by atomic mass is 19.1. The molecular formula is C14H20FN3O. The number of aromatic nitrogens is 2. The van der Waals surface area contributed by atoms with Gasteiger partial charge in [0, 0.05) is 30.5 Å². The summed E-state index contributed by atoms with van der Waals surface area (Å²) in [4.78, 5) is 2.23. The van der Waals surface area contributed by atoms with E-state index >= 15 is 0 Å². The maximum absolute atomic E-state index is 13.8. The van der Waals surface area contributed by atoms with Gasteiger partial charge < -0.3 is 9.64 Å². The molecule has 0 amide bonds. The van der Waals surface area contributed by atoms with E-state index in [0.717, 1.165) is 24.0 Å². The molecule has 0 fully saturated rings. The molecule has 0 spiro atoms. The minimum Gasteiger partial charge on any atom is -0.497 e. The molecule has 1 aromatic carbocycles. The fourth-order valence-electron chi connectivity index (χ4n) is 1.96. The van der Waals surface area contributed by atoms with Crippen LogP contribution < -0.4 is 4.74 Å². The third-order valence-corrected chi connectivity index (χ3v) is 3.50. The van der Waals surface area contributed by atoms with Crippen LogP contribution >= 0.6 is 0 Å². The average molecular weight is 265 g/mol. The van der Waals surface area contributed by atoms with Gasteiger partial charge in [-0.3, -0.25) is 5.10 Å². The molecule has 0 saturated heterocycles. The molecule has 4 nitrogen and oxygen atoms in total. The fourth-order valence-corrected chi connectivity index (χ4v) is 1.96. The smallest absolute Gasteiger partial charge is 0.152 e. The number of rotatable bonds is 5. The van der Waals surface area contributed by atoms with Gasteiger partial charge in [-0.1, -0.05) is 0 Å². The molecule has 19 heavy (non-hydrogen) atoms. The van der Waals surface area contributed by atoms with Crippen molar-refractivity contribution >= 4 is 10.9 Å². The Bertz CT molecular complexity index is 565. The van der Waals surface area contributed by atoms with E-state index in [1.807, 2.05) is 6.07 Å². The first-order valence-corrected chi connectivity index (χ1v) is 6.43. The molecule has 0 bridgehead atoms. The summed E-state index contributed by atoms with van der Waals surface area (Å²) in [6.07, 6.45) is 0.779. The lowest BCUT2D eigenvalue weighted by molar-refractivity contribution is 0.277. The van der Waals surface area contributed by atoms with Crippen LogP contribution in [0.25, 0.3) is 10.9 Å². The van der Waals surface area contributed by atoms with Crippen LogP contribution in [0.3, 0.4) is 0 Å². The van der Waals surface area contributed by atoms with Crippen molar-refractivity contribution in [3.05, 3.63) is 23.6 Å². The Hall–Kier alpha value is -1.62. The van der Waals surface area contributed by atoms with Crippen LogP contribution in [-0.2, 0) is 6.42 Å². The van der Waals surface area contributed by atoms with E-state index in [4.69, 9.17) is 4.74 Å². The highest BCUT2D eigenvalue weighted by Crippen LogP contribution is 2.25. The number of benzene rings is 1. The molecule has 1 heterocycles. The second-order valence-electron chi connectivity index (χ2n) is 5.03. The summed E-state index contributed by atoms with van der Waals surface area (Å²) in [5, 5.41) is 7.78. The number of halogens is 1. The number of H-pyrrole nitrogens is 1. The largest absolute Gasteiger partial charge is 0.497 e. The first-order chi connectivity index (χ1) is 9.02. The highest BCUT2D eigenvalue weighted by molar-refractivity contribution is 5.83. The Balaban J connectivity index is 2.26. The van der Waals surface area contributed by atoms with Gasteiger partial charge in [0.15, 0.2) is 5.82 Å². The molecule has 2 aromatic rings. The molecule has 5 heteroatoms. The average Bonchev–Trinajstić information content (AvgIpc) is 2.79. The molecule has 0 aliphatic heterocycles. The normalized spacial score (nSPS) is 11.7. The quantitative estimate of drug-likeness (QED) is 0.903. The number of likely N-dealkylation sites (N-methyl/N-ethyl adjacent to an activating group) is 1. The molecule has 0 saturated carbocycles. The number of hydrogen-bond donors (Lipinski definition) is 1. The van der Waals surface area contributed by atoms with Crippen LogP contribution in [0.2, 0.25) is 0 Å². The first-order valence-electron chi connectivity index (χ1n) is 6.43. The van der Waals surface area contributed by atoms with Gasteiger partial charge in [-0.05, 0) is 27.0 Å². The van der Waals surface area contributed by atoms with Crippen molar-refractivity contribution < 1.29 is 9.13 Å². The summed E-state index contributed by atoms with van der Waals surface area (Å²) in [6.45, 7) is 5.17. The van der Waals surface area contributed by atoms with Gasteiger partial charge in [0.1, 0.15) is 11.3 Å². The number of nitrogens with one attached hydrogen (secondary N) is 1. The Morgan fingerprint density at radius 3 is 2.79 bits per heavy atom. The molecule has 1 aromatic heterocycles. The Kier molecular flexibility index (Phi) is 4.04. The third kappa shape index (κ3) is 2.87. The Labute approximate surface area is 112 Å². The van der Waals surface area contributed by atoms with Gasteiger partial charge in [0.05, 0.1) is 12.8 Å². The third-order valence-electron chi connectivity index (χ3n) is 3.50. The van der Waals surface area contributed by atoms with Crippen LogP contribution in [0.1, 0.15) is 19.5 Å². The van der Waals surface area contributed by atoms with Gasteiger partial charge in [0.25, 0.3) is 0 Å². The van der Waals surface area contributed by atoms with Crippen molar-refractivity contribution in [2.75, 3.05) is 20.7 Å². The minimum absolute atomic E-state index is 0.328. The number of aromatic amines is 1. The lowest BCUT2D eigenvalue weighted by Gasteiger charge is -2.20. The summed E-state index contributed by atoms with van der Waals surface area (Å²) < 4.78 is 18.9. The number of methoxy groups -OCH3 is 1. The lowest BCUT2D eigenvalue weighted by Crippen LogP contribution is -2.28. The van der Waals surface area contributed by atoms with Crippen LogP contribution in [0.4, 0.5) is 4.39 Å². The van der Waals surface area contributed by atoms with Crippen molar-refractivity contribution in [1.29, 1.82) is 0 Å².